The molecule has 1 fully saturated rings. The van der Waals surface area contributed by atoms with Crippen molar-refractivity contribution in [1.29, 1.82) is 0 Å². The van der Waals surface area contributed by atoms with Gasteiger partial charge in [-0.3, -0.25) is 0 Å². The Bertz CT molecular complexity index is 1090. The smallest absolute Gasteiger partial charge is 0.192 e. The number of hydrogen-bond acceptors (Lipinski definition) is 6. The number of aliphatic hydroxyl groups excluding tert-OH is 1. The van der Waals surface area contributed by atoms with Crippen molar-refractivity contribution in [2.24, 2.45) is 0 Å². The predicted octanol–water partition coefficient (Wildman–Crippen LogP) is 8.94. The molecule has 0 bridgehead atoms. The molecule has 1 heterocycles. The van der Waals surface area contributed by atoms with Gasteiger partial charge in [0.1, 0.15) is 18.3 Å². The highest BCUT2D eigenvalue weighted by Gasteiger charge is 2.65. The minimum atomic E-state index is -2.49. The van der Waals surface area contributed by atoms with Gasteiger partial charge in [0.15, 0.2) is 45.0 Å². The number of hydrogen-bond donors (Lipinski definition) is 1. The van der Waals surface area contributed by atoms with Crippen molar-refractivity contribution in [3.63, 3.8) is 0 Å². The zero-order chi connectivity index (χ0) is 36.0. The van der Waals surface area contributed by atoms with Crippen molar-refractivity contribution in [3.05, 3.63) is 0 Å². The molecule has 1 N–H and O–H groups in total. The topological polar surface area (TPSA) is 66.4 Å². The van der Waals surface area contributed by atoms with Crippen LogP contribution < -0.4 is 0 Å². The summed E-state index contributed by atoms with van der Waals surface area (Å²) in [4.78, 5) is 0. The first-order valence-electron chi connectivity index (χ1n) is 16.6. The third-order valence-corrected chi connectivity index (χ3v) is 29.6. The highest BCUT2D eigenvalue weighted by atomic mass is 28.4. The molecule has 6 nitrogen and oxygen atoms in total. The molecule has 0 saturated carbocycles. The molecule has 10 heteroatoms. The Hall–Kier alpha value is -0.252. The molecule has 1 aliphatic rings. The lowest BCUT2D eigenvalue weighted by atomic mass is 9.89. The molecule has 0 aromatic carbocycles. The first-order valence-corrected chi connectivity index (χ1v) is 28.2. The minimum Gasteiger partial charge on any atom is -0.414 e. The van der Waals surface area contributed by atoms with Gasteiger partial charge in [0.05, 0.1) is 12.7 Å². The van der Waals surface area contributed by atoms with E-state index >= 15 is 0 Å². The monoisotopic (exact) mass is 698 g/mol. The fourth-order valence-corrected chi connectivity index (χ4v) is 9.07. The second-order valence-electron chi connectivity index (χ2n) is 19.2. The van der Waals surface area contributed by atoms with Gasteiger partial charge >= 0.3 is 0 Å². The summed E-state index contributed by atoms with van der Waals surface area (Å²) in [5.74, 6) is 5.32. The molecule has 0 aliphatic carbocycles. The van der Waals surface area contributed by atoms with E-state index in [4.69, 9.17) is 35.3 Å². The van der Waals surface area contributed by atoms with Gasteiger partial charge < -0.3 is 27.5 Å². The molecular weight excluding hydrogens is 629 g/mol. The van der Waals surface area contributed by atoms with Crippen LogP contribution in [0.2, 0.25) is 72.5 Å². The van der Waals surface area contributed by atoms with Crippen molar-refractivity contribution in [3.8, 4) is 24.7 Å². The SMILES string of the molecule is C#CC(O)[C@]1(C#C)O[C@@H]([C@@H](CO[Si](C)(C)C(C)(C)C)O[Si](C)(C)C(C)(C)C)[C@H](O[Si](C)(C)C(C)(C)C)[C@H]1O[Si](C)(C)C(C)(C)C. The van der Waals surface area contributed by atoms with Crippen LogP contribution in [0.1, 0.15) is 83.1 Å². The lowest BCUT2D eigenvalue weighted by molar-refractivity contribution is -0.120. The highest BCUT2D eigenvalue weighted by molar-refractivity contribution is 6.75. The average molecular weight is 699 g/mol. The van der Waals surface area contributed by atoms with Crippen molar-refractivity contribution in [2.75, 3.05) is 6.61 Å². The molecule has 1 saturated heterocycles. The van der Waals surface area contributed by atoms with E-state index in [1.165, 1.54) is 0 Å². The van der Waals surface area contributed by atoms with Crippen molar-refractivity contribution in [1.82, 2.24) is 0 Å². The maximum atomic E-state index is 11.5. The van der Waals surface area contributed by atoms with E-state index in [1.54, 1.807) is 0 Å². The van der Waals surface area contributed by atoms with Gasteiger partial charge in [-0.05, 0) is 72.5 Å². The minimum absolute atomic E-state index is 0.00167. The summed E-state index contributed by atoms with van der Waals surface area (Å²) < 4.78 is 35.5. The number of ether oxygens (including phenoxy) is 1. The quantitative estimate of drug-likeness (QED) is 0.172. The van der Waals surface area contributed by atoms with Gasteiger partial charge in [-0.2, -0.15) is 0 Å². The largest absolute Gasteiger partial charge is 0.414 e. The zero-order valence-corrected chi connectivity index (χ0v) is 36.7. The number of rotatable bonds is 11. The van der Waals surface area contributed by atoms with Crippen LogP contribution in [-0.4, -0.2) is 81.1 Å². The van der Waals surface area contributed by atoms with Crippen molar-refractivity contribution in [2.45, 2.75) is 192 Å². The van der Waals surface area contributed by atoms with Crippen LogP contribution in [0.15, 0.2) is 0 Å². The average Bonchev–Trinajstić information content (AvgIpc) is 3.11. The van der Waals surface area contributed by atoms with E-state index in [1.807, 2.05) is 0 Å². The summed E-state index contributed by atoms with van der Waals surface area (Å²) in [6.07, 6.45) is 8.17. The Morgan fingerprint density at radius 1 is 0.689 bits per heavy atom. The Morgan fingerprint density at radius 2 is 1.09 bits per heavy atom. The maximum absolute atomic E-state index is 11.5. The van der Waals surface area contributed by atoms with Crippen LogP contribution in [0.5, 0.6) is 0 Å². The predicted molar refractivity (Wildman–Crippen MR) is 201 cm³/mol. The van der Waals surface area contributed by atoms with Crippen LogP contribution in [-0.2, 0) is 22.4 Å². The molecular formula is C35H70O6Si4. The van der Waals surface area contributed by atoms with Gasteiger partial charge in [-0.15, -0.1) is 12.8 Å². The van der Waals surface area contributed by atoms with E-state index in [9.17, 15) is 5.11 Å². The van der Waals surface area contributed by atoms with Crippen LogP contribution in [0, 0.1) is 24.7 Å². The summed E-state index contributed by atoms with van der Waals surface area (Å²) >= 11 is 0. The Balaban J connectivity index is 4.11. The maximum Gasteiger partial charge on any atom is 0.192 e. The van der Waals surface area contributed by atoms with Crippen LogP contribution >= 0.6 is 0 Å². The molecule has 1 unspecified atom stereocenters. The second kappa shape index (κ2) is 13.6. The molecule has 45 heavy (non-hydrogen) atoms. The van der Waals surface area contributed by atoms with E-state index in [2.05, 4.69) is 147 Å². The Morgan fingerprint density at radius 3 is 1.44 bits per heavy atom. The summed E-state index contributed by atoms with van der Waals surface area (Å²) in [5.41, 5.74) is -1.63. The van der Waals surface area contributed by atoms with Gasteiger partial charge in [-0.25, -0.2) is 0 Å². The van der Waals surface area contributed by atoms with Gasteiger partial charge in [0, 0.05) is 0 Å². The van der Waals surface area contributed by atoms with E-state index < -0.39 is 69.4 Å². The van der Waals surface area contributed by atoms with Crippen LogP contribution in [0.25, 0.3) is 0 Å². The Labute approximate surface area is 283 Å². The molecule has 0 amide bonds. The van der Waals surface area contributed by atoms with Crippen molar-refractivity contribution >= 4 is 33.3 Å². The third kappa shape index (κ3) is 9.26. The molecule has 0 aromatic rings. The normalized spacial score (nSPS) is 25.9. The lowest BCUT2D eigenvalue weighted by Gasteiger charge is -2.46. The van der Waals surface area contributed by atoms with E-state index in [0.717, 1.165) is 0 Å². The lowest BCUT2D eigenvalue weighted by Crippen LogP contribution is -2.60. The van der Waals surface area contributed by atoms with Crippen LogP contribution in [0.3, 0.4) is 0 Å². The standard InChI is InChI=1S/C35H70O6Si4/c1-23-27(36)35(24-2)30(41-45(21,22)34(12,13)14)29(40-44(19,20)33(9,10)11)28(38-35)26(39-43(17,18)32(6,7)8)25-37-42(15,16)31(3,4)5/h1-2,26-30,36H,25H2,3-22H3/t26-,27?,28+,29+,30-,35+/m1/s1. The summed E-state index contributed by atoms with van der Waals surface area (Å²) in [6, 6.07) is 0. The number of aliphatic hydroxyl groups is 1. The molecule has 0 aromatic heterocycles. The third-order valence-electron chi connectivity index (χ3n) is 11.7. The molecule has 1 rings (SSSR count). The van der Waals surface area contributed by atoms with E-state index in [0.29, 0.717) is 6.61 Å². The summed E-state index contributed by atoms with van der Waals surface area (Å²) in [7, 11) is -9.49. The van der Waals surface area contributed by atoms with Gasteiger partial charge in [-0.1, -0.05) is 94.9 Å². The number of terminal acetylenes is 2. The molecule has 1 aliphatic heterocycles. The van der Waals surface area contributed by atoms with Crippen LogP contribution in [0.4, 0.5) is 0 Å². The molecule has 262 valence electrons. The summed E-state index contributed by atoms with van der Waals surface area (Å²) in [6.45, 7) is 44.6. The van der Waals surface area contributed by atoms with E-state index in [-0.39, 0.29) is 20.2 Å². The van der Waals surface area contributed by atoms with Gasteiger partial charge in [0.2, 0.25) is 0 Å². The first kappa shape index (κ1) is 42.8. The zero-order valence-electron chi connectivity index (χ0n) is 32.7. The van der Waals surface area contributed by atoms with Crippen molar-refractivity contribution < 1.29 is 27.5 Å². The molecule has 0 spiro atoms. The molecule has 6 atom stereocenters. The summed E-state index contributed by atoms with van der Waals surface area (Å²) in [5, 5.41) is 11.2. The second-order valence-corrected chi connectivity index (χ2v) is 38.3. The fraction of sp³-hybridized carbons (Fsp3) is 0.886. The first-order chi connectivity index (χ1) is 19.6. The molecule has 0 radical (unpaired) electrons. The highest BCUT2D eigenvalue weighted by Crippen LogP contribution is 2.49. The van der Waals surface area contributed by atoms with Gasteiger partial charge in [0.25, 0.3) is 0 Å². The Kier molecular flexibility index (Phi) is 12.9. The fourth-order valence-electron chi connectivity index (χ4n) is 4.15.